The summed E-state index contributed by atoms with van der Waals surface area (Å²) in [5.41, 5.74) is 7.03. The van der Waals surface area contributed by atoms with Gasteiger partial charge in [-0.05, 0) is 51.3 Å². The van der Waals surface area contributed by atoms with Crippen LogP contribution in [0.25, 0.3) is 16.8 Å². The molecular weight excluding hydrogens is 226 g/mol. The average Bonchev–Trinajstić information content (AvgIpc) is 2.55. The molecule has 0 unspecified atom stereocenters. The van der Waals surface area contributed by atoms with Gasteiger partial charge in [0.1, 0.15) is 16.8 Å². The molecule has 0 fully saturated rings. The molecule has 0 saturated carbocycles. The first-order valence-electron chi connectivity index (χ1n) is 6.02. The van der Waals surface area contributed by atoms with Gasteiger partial charge in [-0.1, -0.05) is 0 Å². The first-order chi connectivity index (χ1) is 8.43. The Labute approximate surface area is 105 Å². The fourth-order valence-corrected chi connectivity index (χ4v) is 2.49. The highest BCUT2D eigenvalue weighted by Gasteiger charge is 2.19. The van der Waals surface area contributed by atoms with Crippen LogP contribution in [0.2, 0.25) is 0 Å². The Morgan fingerprint density at radius 2 is 1.28 bits per heavy atom. The van der Waals surface area contributed by atoms with Crippen molar-refractivity contribution < 1.29 is 0 Å². The van der Waals surface area contributed by atoms with Gasteiger partial charge in [-0.3, -0.25) is 9.20 Å². The summed E-state index contributed by atoms with van der Waals surface area (Å²) in [6.45, 7) is 9.72. The molecule has 0 bridgehead atoms. The smallest absolute Gasteiger partial charge is 0.224 e. The van der Waals surface area contributed by atoms with Crippen LogP contribution in [0.5, 0.6) is 0 Å². The number of nitrogens with zero attached hydrogens (tertiary/aromatic N) is 3. The normalized spacial score (nSPS) is 11.8. The molecule has 0 atom stereocenters. The summed E-state index contributed by atoms with van der Waals surface area (Å²) in [6.07, 6.45) is 0. The Morgan fingerprint density at radius 1 is 0.778 bits per heavy atom. The molecule has 92 valence electrons. The van der Waals surface area contributed by atoms with Gasteiger partial charge in [-0.15, -0.1) is 0 Å². The van der Waals surface area contributed by atoms with Crippen molar-refractivity contribution in [3.05, 3.63) is 38.3 Å². The minimum absolute atomic E-state index is 0.00509. The van der Waals surface area contributed by atoms with E-state index < -0.39 is 0 Å². The predicted octanol–water partition coefficient (Wildman–Crippen LogP) is 2.22. The Balaban J connectivity index is 2.82. The first kappa shape index (κ1) is 11.1. The van der Waals surface area contributed by atoms with E-state index in [1.54, 1.807) is 6.92 Å². The van der Waals surface area contributed by atoms with Gasteiger partial charge < -0.3 is 0 Å². The molecule has 4 nitrogen and oxygen atoms in total. The largest absolute Gasteiger partial charge is 0.286 e. The molecule has 3 aromatic heterocycles. The van der Waals surface area contributed by atoms with E-state index in [-0.39, 0.29) is 5.43 Å². The van der Waals surface area contributed by atoms with Crippen molar-refractivity contribution in [3.63, 3.8) is 0 Å². The Morgan fingerprint density at radius 3 is 1.83 bits per heavy atom. The molecule has 3 rings (SSSR count). The van der Waals surface area contributed by atoms with Crippen LogP contribution in [-0.2, 0) is 0 Å². The minimum Gasteiger partial charge on any atom is -0.286 e. The van der Waals surface area contributed by atoms with Crippen molar-refractivity contribution >= 4 is 16.8 Å². The molecule has 0 radical (unpaired) electrons. The standard InChI is InChI=1S/C14H15N3O/c1-6-7(2)14-16-10(5)12(18)11-8(3)9(4)15-13(6)17(11)14/h1-5H3. The Kier molecular flexibility index (Phi) is 2.03. The van der Waals surface area contributed by atoms with Gasteiger partial charge in [0, 0.05) is 5.69 Å². The average molecular weight is 241 g/mol. The molecule has 0 aliphatic heterocycles. The Hall–Kier alpha value is -1.97. The zero-order valence-electron chi connectivity index (χ0n) is 11.2. The molecular formula is C14H15N3O. The number of rotatable bonds is 0. The van der Waals surface area contributed by atoms with Gasteiger partial charge in [0.05, 0.1) is 5.69 Å². The topological polar surface area (TPSA) is 47.3 Å². The van der Waals surface area contributed by atoms with Crippen molar-refractivity contribution in [3.8, 4) is 0 Å². The first-order valence-corrected chi connectivity index (χ1v) is 6.02. The maximum atomic E-state index is 12.3. The quantitative estimate of drug-likeness (QED) is 0.606. The van der Waals surface area contributed by atoms with Crippen LogP contribution in [0, 0.1) is 34.6 Å². The molecule has 3 heterocycles. The third kappa shape index (κ3) is 1.12. The summed E-state index contributed by atoms with van der Waals surface area (Å²) in [6, 6.07) is 0. The lowest BCUT2D eigenvalue weighted by Gasteiger charge is -2.08. The molecule has 0 N–H and O–H groups in total. The second kappa shape index (κ2) is 3.28. The zero-order chi connectivity index (χ0) is 13.2. The number of hydrogen-bond donors (Lipinski definition) is 0. The fourth-order valence-electron chi connectivity index (χ4n) is 2.49. The lowest BCUT2D eigenvalue weighted by Crippen LogP contribution is -2.15. The summed E-state index contributed by atoms with van der Waals surface area (Å²) in [5, 5.41) is 0. The van der Waals surface area contributed by atoms with Crippen LogP contribution >= 0.6 is 0 Å². The molecule has 0 spiro atoms. The van der Waals surface area contributed by atoms with E-state index in [0.29, 0.717) is 5.69 Å². The monoisotopic (exact) mass is 241 g/mol. The van der Waals surface area contributed by atoms with Crippen molar-refractivity contribution in [2.45, 2.75) is 34.6 Å². The van der Waals surface area contributed by atoms with Crippen LogP contribution in [0.3, 0.4) is 0 Å². The molecule has 0 saturated heterocycles. The highest BCUT2D eigenvalue weighted by molar-refractivity contribution is 5.76. The molecule has 3 aromatic rings. The molecule has 0 aliphatic carbocycles. The third-order valence-electron chi connectivity index (χ3n) is 3.87. The maximum absolute atomic E-state index is 12.3. The van der Waals surface area contributed by atoms with Crippen molar-refractivity contribution in [1.82, 2.24) is 14.4 Å². The van der Waals surface area contributed by atoms with Gasteiger partial charge in [-0.25, -0.2) is 9.97 Å². The SMILES string of the molecule is Cc1nc2c(C)c(C)c3nc(C)c(=O)c(c1C)n23. The molecule has 18 heavy (non-hydrogen) atoms. The molecule has 0 aromatic carbocycles. The van der Waals surface area contributed by atoms with E-state index >= 15 is 0 Å². The van der Waals surface area contributed by atoms with Gasteiger partial charge in [0.25, 0.3) is 0 Å². The van der Waals surface area contributed by atoms with Crippen LogP contribution in [0.1, 0.15) is 28.1 Å². The lowest BCUT2D eigenvalue weighted by molar-refractivity contribution is 1.05. The van der Waals surface area contributed by atoms with E-state index in [2.05, 4.69) is 9.97 Å². The zero-order valence-corrected chi connectivity index (χ0v) is 11.2. The summed E-state index contributed by atoms with van der Waals surface area (Å²) < 4.78 is 1.91. The highest BCUT2D eigenvalue weighted by atomic mass is 16.1. The maximum Gasteiger partial charge on any atom is 0.224 e. The summed E-state index contributed by atoms with van der Waals surface area (Å²) in [4.78, 5) is 21.3. The fraction of sp³-hybridized carbons (Fsp3) is 0.357. The number of aryl methyl sites for hydroxylation is 5. The van der Waals surface area contributed by atoms with Gasteiger partial charge >= 0.3 is 0 Å². The summed E-state index contributed by atoms with van der Waals surface area (Å²) in [5.74, 6) is 0. The van der Waals surface area contributed by atoms with E-state index in [9.17, 15) is 4.79 Å². The van der Waals surface area contributed by atoms with Gasteiger partial charge in [0.15, 0.2) is 0 Å². The molecule has 0 aliphatic rings. The number of aromatic nitrogens is 3. The Bertz CT molecular complexity index is 825. The van der Waals surface area contributed by atoms with Crippen LogP contribution in [-0.4, -0.2) is 14.4 Å². The minimum atomic E-state index is 0.00509. The third-order valence-corrected chi connectivity index (χ3v) is 3.87. The summed E-state index contributed by atoms with van der Waals surface area (Å²) >= 11 is 0. The van der Waals surface area contributed by atoms with Gasteiger partial charge in [0.2, 0.25) is 5.43 Å². The van der Waals surface area contributed by atoms with Gasteiger partial charge in [-0.2, -0.15) is 0 Å². The molecule has 0 amide bonds. The van der Waals surface area contributed by atoms with Crippen LogP contribution in [0.4, 0.5) is 0 Å². The van der Waals surface area contributed by atoms with Crippen molar-refractivity contribution in [2.24, 2.45) is 0 Å². The van der Waals surface area contributed by atoms with E-state index in [4.69, 9.17) is 0 Å². The second-order valence-corrected chi connectivity index (χ2v) is 4.93. The van der Waals surface area contributed by atoms with Crippen molar-refractivity contribution in [2.75, 3.05) is 0 Å². The van der Waals surface area contributed by atoms with E-state index in [1.165, 1.54) is 0 Å². The van der Waals surface area contributed by atoms with E-state index in [1.807, 2.05) is 32.1 Å². The van der Waals surface area contributed by atoms with Crippen molar-refractivity contribution in [1.29, 1.82) is 0 Å². The molecule has 4 heteroatoms. The van der Waals surface area contributed by atoms with E-state index in [0.717, 1.165) is 39.2 Å². The lowest BCUT2D eigenvalue weighted by atomic mass is 10.2. The predicted molar refractivity (Wildman–Crippen MR) is 71.6 cm³/mol. The summed E-state index contributed by atoms with van der Waals surface area (Å²) in [7, 11) is 0. The van der Waals surface area contributed by atoms with Crippen LogP contribution < -0.4 is 5.43 Å². The second-order valence-electron chi connectivity index (χ2n) is 4.93. The number of hydrogen-bond acceptors (Lipinski definition) is 3. The van der Waals surface area contributed by atoms with Crippen LogP contribution in [0.15, 0.2) is 4.79 Å². The highest BCUT2D eigenvalue weighted by Crippen LogP contribution is 2.25.